The average Bonchev–Trinajstić information content (AvgIpc) is 2.30. The fourth-order valence-electron chi connectivity index (χ4n) is 2.00. The van der Waals surface area contributed by atoms with Crippen LogP contribution in [0.25, 0.3) is 22.9 Å². The molecule has 0 heteroatoms. The van der Waals surface area contributed by atoms with Crippen LogP contribution in [0.3, 0.4) is 0 Å². The Kier molecular flexibility index (Phi) is 2.91. The van der Waals surface area contributed by atoms with Gasteiger partial charge in [0.15, 0.2) is 0 Å². The lowest BCUT2D eigenvalue weighted by Gasteiger charge is -2.07. The van der Waals surface area contributed by atoms with Crippen molar-refractivity contribution in [1.82, 2.24) is 0 Å². The van der Waals surface area contributed by atoms with Gasteiger partial charge in [-0.05, 0) is 35.7 Å². The third-order valence-corrected chi connectivity index (χ3v) is 2.81. The first-order chi connectivity index (χ1) is 7.76. The Labute approximate surface area is 96.9 Å². The standard InChI is InChI=1S/C16H16/c1-4-6-15-13(5-2)9-10-14-8-7-12(3)11-16(14)15/h4-11H,2H2,1,3H3/b6-4-. The third kappa shape index (κ3) is 1.79. The first-order valence-electron chi connectivity index (χ1n) is 5.54. The molecule has 0 atom stereocenters. The van der Waals surface area contributed by atoms with Crippen LogP contribution in [-0.4, -0.2) is 0 Å². The SMILES string of the molecule is C=Cc1ccc2ccc(C)cc2c1/C=C\C. The van der Waals surface area contributed by atoms with Crippen LogP contribution in [0.2, 0.25) is 0 Å². The number of benzene rings is 2. The van der Waals surface area contributed by atoms with Crippen molar-refractivity contribution in [3.63, 3.8) is 0 Å². The Morgan fingerprint density at radius 2 is 1.88 bits per heavy atom. The van der Waals surface area contributed by atoms with Crippen LogP contribution >= 0.6 is 0 Å². The minimum absolute atomic E-state index is 1.19. The van der Waals surface area contributed by atoms with Gasteiger partial charge in [0.05, 0.1) is 0 Å². The lowest BCUT2D eigenvalue weighted by atomic mass is 9.97. The maximum absolute atomic E-state index is 3.87. The van der Waals surface area contributed by atoms with Crippen molar-refractivity contribution in [3.8, 4) is 0 Å². The number of hydrogen-bond donors (Lipinski definition) is 0. The Morgan fingerprint density at radius 1 is 1.12 bits per heavy atom. The molecule has 16 heavy (non-hydrogen) atoms. The molecule has 80 valence electrons. The molecule has 0 saturated heterocycles. The van der Waals surface area contributed by atoms with Gasteiger partial charge in [-0.3, -0.25) is 0 Å². The highest BCUT2D eigenvalue weighted by Crippen LogP contribution is 2.25. The van der Waals surface area contributed by atoms with E-state index in [4.69, 9.17) is 0 Å². The van der Waals surface area contributed by atoms with E-state index < -0.39 is 0 Å². The Bertz CT molecular complexity index is 560. The monoisotopic (exact) mass is 208 g/mol. The maximum Gasteiger partial charge on any atom is -0.0103 e. The van der Waals surface area contributed by atoms with Crippen molar-refractivity contribution < 1.29 is 0 Å². The smallest absolute Gasteiger partial charge is 0.0103 e. The van der Waals surface area contributed by atoms with Crippen LogP contribution < -0.4 is 0 Å². The zero-order valence-corrected chi connectivity index (χ0v) is 9.83. The molecule has 0 unspecified atom stereocenters. The summed E-state index contributed by atoms with van der Waals surface area (Å²) in [6, 6.07) is 10.8. The van der Waals surface area contributed by atoms with Gasteiger partial charge in [-0.15, -0.1) is 0 Å². The number of rotatable bonds is 2. The molecule has 0 aliphatic heterocycles. The molecule has 0 nitrogen and oxygen atoms in total. The molecule has 0 saturated carbocycles. The zero-order valence-electron chi connectivity index (χ0n) is 9.83. The van der Waals surface area contributed by atoms with Crippen molar-refractivity contribution >= 4 is 22.9 Å². The van der Waals surface area contributed by atoms with Crippen molar-refractivity contribution in [2.24, 2.45) is 0 Å². The Balaban J connectivity index is 2.86. The summed E-state index contributed by atoms with van der Waals surface area (Å²) in [5, 5.41) is 2.58. The maximum atomic E-state index is 3.87. The first-order valence-corrected chi connectivity index (χ1v) is 5.54. The normalized spacial score (nSPS) is 11.1. The summed E-state index contributed by atoms with van der Waals surface area (Å²) < 4.78 is 0. The molecule has 0 aromatic heterocycles. The third-order valence-electron chi connectivity index (χ3n) is 2.81. The lowest BCUT2D eigenvalue weighted by Crippen LogP contribution is -1.85. The van der Waals surface area contributed by atoms with Gasteiger partial charge in [0.1, 0.15) is 0 Å². The van der Waals surface area contributed by atoms with Gasteiger partial charge in [0, 0.05) is 0 Å². The number of hydrogen-bond acceptors (Lipinski definition) is 0. The Morgan fingerprint density at radius 3 is 2.56 bits per heavy atom. The summed E-state index contributed by atoms with van der Waals surface area (Å²) in [7, 11) is 0. The van der Waals surface area contributed by atoms with E-state index in [0.29, 0.717) is 0 Å². The second-order valence-electron chi connectivity index (χ2n) is 4.00. The first kappa shape index (κ1) is 10.7. The summed E-state index contributed by atoms with van der Waals surface area (Å²) in [5.41, 5.74) is 3.74. The van der Waals surface area contributed by atoms with E-state index >= 15 is 0 Å². The molecule has 0 heterocycles. The molecule has 0 fully saturated rings. The largest absolute Gasteiger partial charge is 0.0984 e. The van der Waals surface area contributed by atoms with Crippen molar-refractivity contribution in [1.29, 1.82) is 0 Å². The minimum atomic E-state index is 1.19. The zero-order chi connectivity index (χ0) is 11.5. The van der Waals surface area contributed by atoms with E-state index in [1.807, 2.05) is 13.0 Å². The lowest BCUT2D eigenvalue weighted by molar-refractivity contribution is 1.50. The average molecular weight is 208 g/mol. The minimum Gasteiger partial charge on any atom is -0.0984 e. The van der Waals surface area contributed by atoms with E-state index in [1.165, 1.54) is 27.5 Å². The highest BCUT2D eigenvalue weighted by molar-refractivity contribution is 5.94. The summed E-state index contributed by atoms with van der Waals surface area (Å²) >= 11 is 0. The molecule has 0 aliphatic carbocycles. The quantitative estimate of drug-likeness (QED) is 0.663. The summed E-state index contributed by atoms with van der Waals surface area (Å²) in [5.74, 6) is 0. The number of aryl methyl sites for hydroxylation is 1. The summed E-state index contributed by atoms with van der Waals surface area (Å²) in [6.07, 6.45) is 6.14. The van der Waals surface area contributed by atoms with E-state index in [9.17, 15) is 0 Å². The topological polar surface area (TPSA) is 0 Å². The summed E-state index contributed by atoms with van der Waals surface area (Å²) in [4.78, 5) is 0. The fourth-order valence-corrected chi connectivity index (χ4v) is 2.00. The molecule has 0 aliphatic rings. The van der Waals surface area contributed by atoms with E-state index in [2.05, 4.69) is 56.0 Å². The van der Waals surface area contributed by atoms with Crippen molar-refractivity contribution in [2.45, 2.75) is 13.8 Å². The molecule has 2 rings (SSSR count). The van der Waals surface area contributed by atoms with Gasteiger partial charge < -0.3 is 0 Å². The molecule has 0 radical (unpaired) electrons. The second-order valence-corrected chi connectivity index (χ2v) is 4.00. The predicted octanol–water partition coefficient (Wildman–Crippen LogP) is 4.82. The van der Waals surface area contributed by atoms with E-state index in [1.54, 1.807) is 0 Å². The van der Waals surface area contributed by atoms with Crippen LogP contribution in [0.15, 0.2) is 43.0 Å². The van der Waals surface area contributed by atoms with Crippen LogP contribution in [0, 0.1) is 6.92 Å². The van der Waals surface area contributed by atoms with Gasteiger partial charge in [-0.2, -0.15) is 0 Å². The number of fused-ring (bicyclic) bond motifs is 1. The van der Waals surface area contributed by atoms with Gasteiger partial charge in [-0.25, -0.2) is 0 Å². The second kappa shape index (κ2) is 4.36. The molecule has 0 spiro atoms. The van der Waals surface area contributed by atoms with Crippen LogP contribution in [0.4, 0.5) is 0 Å². The molecule has 0 N–H and O–H groups in total. The summed E-state index contributed by atoms with van der Waals surface area (Å²) in [6.45, 7) is 8.04. The highest BCUT2D eigenvalue weighted by atomic mass is 14.1. The molecule has 0 amide bonds. The van der Waals surface area contributed by atoms with Crippen LogP contribution in [0.5, 0.6) is 0 Å². The fraction of sp³-hybridized carbons (Fsp3) is 0.125. The van der Waals surface area contributed by atoms with Crippen LogP contribution in [-0.2, 0) is 0 Å². The molecule has 2 aromatic rings. The van der Waals surface area contributed by atoms with E-state index in [-0.39, 0.29) is 0 Å². The van der Waals surface area contributed by atoms with Crippen LogP contribution in [0.1, 0.15) is 23.6 Å². The van der Waals surface area contributed by atoms with Crippen molar-refractivity contribution in [2.75, 3.05) is 0 Å². The van der Waals surface area contributed by atoms with Gasteiger partial charge in [-0.1, -0.05) is 60.7 Å². The molecular weight excluding hydrogens is 192 g/mol. The Hall–Kier alpha value is -1.82. The van der Waals surface area contributed by atoms with E-state index in [0.717, 1.165) is 0 Å². The van der Waals surface area contributed by atoms with Gasteiger partial charge in [0.2, 0.25) is 0 Å². The molecular formula is C16H16. The predicted molar refractivity (Wildman–Crippen MR) is 73.5 cm³/mol. The van der Waals surface area contributed by atoms with Crippen molar-refractivity contribution in [3.05, 3.63) is 59.7 Å². The van der Waals surface area contributed by atoms with Gasteiger partial charge >= 0.3 is 0 Å². The molecule has 2 aromatic carbocycles. The number of allylic oxidation sites excluding steroid dienone is 1. The highest BCUT2D eigenvalue weighted by Gasteiger charge is 2.02. The molecule has 0 bridgehead atoms. The van der Waals surface area contributed by atoms with Gasteiger partial charge in [0.25, 0.3) is 0 Å².